The summed E-state index contributed by atoms with van der Waals surface area (Å²) in [5.41, 5.74) is 0. The third-order valence-corrected chi connectivity index (χ3v) is 2.39. The number of carboxylic acids is 1. The summed E-state index contributed by atoms with van der Waals surface area (Å²) in [6.07, 6.45) is 0.118. The molecule has 0 saturated heterocycles. The number of carbonyl (C=O) groups is 1. The van der Waals surface area contributed by atoms with E-state index in [1.165, 1.54) is 0 Å². The van der Waals surface area contributed by atoms with E-state index in [-0.39, 0.29) is 12.8 Å². The SMILES string of the molecule is CCC(O)CC(CC(O)CC)C(=O)[O-]. The quantitative estimate of drug-likeness (QED) is 0.594. The van der Waals surface area contributed by atoms with Gasteiger partial charge in [0, 0.05) is 11.9 Å². The average Bonchev–Trinajstić information content (AvgIpc) is 2.16. The molecule has 0 radical (unpaired) electrons. The molecule has 0 aromatic rings. The van der Waals surface area contributed by atoms with Crippen molar-refractivity contribution in [1.82, 2.24) is 0 Å². The molecule has 0 saturated carbocycles. The molecule has 14 heavy (non-hydrogen) atoms. The van der Waals surface area contributed by atoms with Crippen LogP contribution in [0.4, 0.5) is 0 Å². The summed E-state index contributed by atoms with van der Waals surface area (Å²) in [5, 5.41) is 29.2. The summed E-state index contributed by atoms with van der Waals surface area (Å²) in [4.78, 5) is 10.7. The Labute approximate surface area is 84.6 Å². The molecule has 0 spiro atoms. The van der Waals surface area contributed by atoms with Gasteiger partial charge in [0.1, 0.15) is 0 Å². The van der Waals surface area contributed by atoms with Crippen molar-refractivity contribution < 1.29 is 20.1 Å². The molecule has 0 aliphatic carbocycles. The smallest absolute Gasteiger partial charge is 0.0543 e. The highest BCUT2D eigenvalue weighted by atomic mass is 16.4. The zero-order valence-electron chi connectivity index (χ0n) is 8.77. The molecule has 2 N–H and O–H groups in total. The van der Waals surface area contributed by atoms with E-state index < -0.39 is 24.1 Å². The Morgan fingerprint density at radius 1 is 1.14 bits per heavy atom. The molecule has 0 amide bonds. The Morgan fingerprint density at radius 2 is 1.50 bits per heavy atom. The molecule has 2 unspecified atom stereocenters. The van der Waals surface area contributed by atoms with Gasteiger partial charge in [-0.15, -0.1) is 0 Å². The first-order chi connectivity index (χ1) is 6.51. The second-order valence-corrected chi connectivity index (χ2v) is 3.61. The Kier molecular flexibility index (Phi) is 6.49. The van der Waals surface area contributed by atoms with Gasteiger partial charge in [-0.1, -0.05) is 13.8 Å². The summed E-state index contributed by atoms with van der Waals surface area (Å²) < 4.78 is 0. The molecule has 0 rings (SSSR count). The van der Waals surface area contributed by atoms with E-state index in [0.717, 1.165) is 0 Å². The van der Waals surface area contributed by atoms with Gasteiger partial charge >= 0.3 is 0 Å². The highest BCUT2D eigenvalue weighted by Gasteiger charge is 2.17. The third kappa shape index (κ3) is 5.19. The van der Waals surface area contributed by atoms with E-state index >= 15 is 0 Å². The summed E-state index contributed by atoms with van der Waals surface area (Å²) in [6, 6.07) is 0. The number of rotatable bonds is 7. The van der Waals surface area contributed by atoms with Crippen LogP contribution in [-0.2, 0) is 4.79 Å². The van der Waals surface area contributed by atoms with Crippen LogP contribution >= 0.6 is 0 Å². The van der Waals surface area contributed by atoms with Gasteiger partial charge in [0.05, 0.1) is 12.2 Å². The molecule has 84 valence electrons. The summed E-state index contributed by atoms with van der Waals surface area (Å²) in [6.45, 7) is 3.57. The van der Waals surface area contributed by atoms with Gasteiger partial charge in [0.2, 0.25) is 0 Å². The first-order valence-electron chi connectivity index (χ1n) is 5.08. The molecule has 0 bridgehead atoms. The first kappa shape index (κ1) is 13.4. The average molecular weight is 203 g/mol. The molecule has 4 heteroatoms. The molecule has 4 nitrogen and oxygen atoms in total. The number of carboxylic acid groups (broad SMARTS) is 1. The molecule has 0 fully saturated rings. The van der Waals surface area contributed by atoms with E-state index in [9.17, 15) is 20.1 Å². The standard InChI is InChI=1S/C10H20O4/c1-3-8(11)5-7(10(13)14)6-9(12)4-2/h7-9,11-12H,3-6H2,1-2H3,(H,13,14)/p-1. The lowest BCUT2D eigenvalue weighted by Gasteiger charge is -2.22. The normalized spacial score (nSPS) is 17.4. The van der Waals surface area contributed by atoms with Gasteiger partial charge < -0.3 is 20.1 Å². The van der Waals surface area contributed by atoms with Gasteiger partial charge in [-0.3, -0.25) is 0 Å². The molecule has 0 heterocycles. The van der Waals surface area contributed by atoms with Crippen molar-refractivity contribution in [3.63, 3.8) is 0 Å². The minimum absolute atomic E-state index is 0.163. The lowest BCUT2D eigenvalue weighted by molar-refractivity contribution is -0.313. The van der Waals surface area contributed by atoms with Crippen molar-refractivity contribution in [3.8, 4) is 0 Å². The fourth-order valence-corrected chi connectivity index (χ4v) is 1.28. The molecular formula is C10H19O4-. The van der Waals surface area contributed by atoms with Gasteiger partial charge in [-0.05, 0) is 25.7 Å². The second kappa shape index (κ2) is 6.79. The Balaban J connectivity index is 4.09. The first-order valence-corrected chi connectivity index (χ1v) is 5.08. The predicted octanol–water partition coefficient (Wildman–Crippen LogP) is -0.326. The van der Waals surface area contributed by atoms with Crippen LogP contribution in [0.25, 0.3) is 0 Å². The van der Waals surface area contributed by atoms with Gasteiger partial charge in [-0.2, -0.15) is 0 Å². The van der Waals surface area contributed by atoms with Crippen LogP contribution in [0.2, 0.25) is 0 Å². The zero-order valence-corrected chi connectivity index (χ0v) is 8.77. The van der Waals surface area contributed by atoms with Gasteiger partial charge in [0.25, 0.3) is 0 Å². The van der Waals surface area contributed by atoms with Gasteiger partial charge in [-0.25, -0.2) is 0 Å². The van der Waals surface area contributed by atoms with E-state index in [0.29, 0.717) is 12.8 Å². The number of hydrogen-bond acceptors (Lipinski definition) is 4. The fraction of sp³-hybridized carbons (Fsp3) is 0.900. The molecule has 0 aliphatic rings. The van der Waals surface area contributed by atoms with Crippen LogP contribution in [-0.4, -0.2) is 28.4 Å². The van der Waals surface area contributed by atoms with Crippen LogP contribution < -0.4 is 5.11 Å². The Hall–Kier alpha value is -0.610. The van der Waals surface area contributed by atoms with Gasteiger partial charge in [0.15, 0.2) is 0 Å². The summed E-state index contributed by atoms with van der Waals surface area (Å²) >= 11 is 0. The molecule has 0 aromatic carbocycles. The van der Waals surface area contributed by atoms with Crippen molar-refractivity contribution in [2.75, 3.05) is 0 Å². The lowest BCUT2D eigenvalue weighted by Crippen LogP contribution is -2.35. The Morgan fingerprint density at radius 3 is 1.71 bits per heavy atom. The Bertz CT molecular complexity index is 158. The van der Waals surface area contributed by atoms with Crippen molar-refractivity contribution in [3.05, 3.63) is 0 Å². The number of aliphatic carboxylic acids is 1. The molecule has 2 atom stereocenters. The van der Waals surface area contributed by atoms with Crippen LogP contribution in [0.3, 0.4) is 0 Å². The largest absolute Gasteiger partial charge is 0.550 e. The topological polar surface area (TPSA) is 80.6 Å². The molecular weight excluding hydrogens is 184 g/mol. The summed E-state index contributed by atoms with van der Waals surface area (Å²) in [5.74, 6) is -1.94. The maximum Gasteiger partial charge on any atom is 0.0543 e. The maximum absolute atomic E-state index is 10.7. The highest BCUT2D eigenvalue weighted by molar-refractivity contribution is 5.67. The number of aliphatic hydroxyl groups excluding tert-OH is 2. The highest BCUT2D eigenvalue weighted by Crippen LogP contribution is 2.16. The minimum Gasteiger partial charge on any atom is -0.550 e. The van der Waals surface area contributed by atoms with Crippen molar-refractivity contribution >= 4 is 5.97 Å². The number of aliphatic hydroxyl groups is 2. The van der Waals surface area contributed by atoms with Crippen LogP contribution in [0, 0.1) is 5.92 Å². The molecule has 0 aliphatic heterocycles. The zero-order chi connectivity index (χ0) is 11.1. The third-order valence-electron chi connectivity index (χ3n) is 2.39. The summed E-state index contributed by atoms with van der Waals surface area (Å²) in [7, 11) is 0. The fourth-order valence-electron chi connectivity index (χ4n) is 1.28. The number of hydrogen-bond donors (Lipinski definition) is 2. The van der Waals surface area contributed by atoms with E-state index in [1.54, 1.807) is 13.8 Å². The lowest BCUT2D eigenvalue weighted by atomic mass is 9.93. The van der Waals surface area contributed by atoms with Crippen molar-refractivity contribution in [2.45, 2.75) is 51.7 Å². The van der Waals surface area contributed by atoms with E-state index in [4.69, 9.17) is 0 Å². The monoisotopic (exact) mass is 203 g/mol. The van der Waals surface area contributed by atoms with E-state index in [1.807, 2.05) is 0 Å². The van der Waals surface area contributed by atoms with Crippen molar-refractivity contribution in [1.29, 1.82) is 0 Å². The maximum atomic E-state index is 10.7. The minimum atomic E-state index is -1.19. The van der Waals surface area contributed by atoms with E-state index in [2.05, 4.69) is 0 Å². The van der Waals surface area contributed by atoms with Crippen LogP contribution in [0.15, 0.2) is 0 Å². The molecule has 0 aromatic heterocycles. The van der Waals surface area contributed by atoms with Crippen LogP contribution in [0.1, 0.15) is 39.5 Å². The van der Waals surface area contributed by atoms with Crippen LogP contribution in [0.5, 0.6) is 0 Å². The number of carbonyl (C=O) groups excluding carboxylic acids is 1. The second-order valence-electron chi connectivity index (χ2n) is 3.61. The van der Waals surface area contributed by atoms with Crippen molar-refractivity contribution in [2.24, 2.45) is 5.92 Å². The predicted molar refractivity (Wildman–Crippen MR) is 50.3 cm³/mol.